The molecule has 6 nitrogen and oxygen atoms in total. The maximum Gasteiger partial charge on any atom is 0.329 e. The van der Waals surface area contributed by atoms with Crippen molar-refractivity contribution in [3.05, 3.63) is 70.7 Å². The van der Waals surface area contributed by atoms with E-state index >= 15 is 0 Å². The van der Waals surface area contributed by atoms with Gasteiger partial charge in [0.1, 0.15) is 23.4 Å². The van der Waals surface area contributed by atoms with E-state index in [1.54, 1.807) is 19.2 Å². The molecule has 0 aliphatic carbocycles. The molecule has 0 saturated carbocycles. The van der Waals surface area contributed by atoms with Crippen LogP contribution in [0.3, 0.4) is 0 Å². The van der Waals surface area contributed by atoms with Crippen LogP contribution in [0.2, 0.25) is 0 Å². The number of carbonyl (C=O) groups excluding carboxylic acids is 2. The van der Waals surface area contributed by atoms with Crippen LogP contribution in [0.4, 0.5) is 0 Å². The summed E-state index contributed by atoms with van der Waals surface area (Å²) in [7, 11) is 1.62. The van der Waals surface area contributed by atoms with Crippen LogP contribution < -0.4 is 10.1 Å². The van der Waals surface area contributed by atoms with Gasteiger partial charge in [0.05, 0.1) is 18.4 Å². The number of esters is 1. The van der Waals surface area contributed by atoms with Crippen molar-refractivity contribution in [1.29, 1.82) is 0 Å². The minimum atomic E-state index is -0.751. The van der Waals surface area contributed by atoms with Gasteiger partial charge in [-0.2, -0.15) is 0 Å². The average Bonchev–Trinajstić information content (AvgIpc) is 3.24. The minimum absolute atomic E-state index is 0.0357. The zero-order chi connectivity index (χ0) is 22.4. The molecule has 162 valence electrons. The quantitative estimate of drug-likeness (QED) is 0.519. The Hall–Kier alpha value is -3.19. The molecule has 1 heterocycles. The van der Waals surface area contributed by atoms with Gasteiger partial charge in [0.2, 0.25) is 0 Å². The van der Waals surface area contributed by atoms with Crippen LogP contribution in [-0.2, 0) is 16.1 Å². The number of nitrogens with zero attached hydrogens (tertiary/aromatic N) is 1. The molecule has 0 saturated heterocycles. The molecule has 0 spiro atoms. The molecule has 1 aromatic heterocycles. The van der Waals surface area contributed by atoms with Crippen LogP contribution in [0.5, 0.6) is 5.75 Å². The van der Waals surface area contributed by atoms with Gasteiger partial charge in [-0.1, -0.05) is 44.2 Å². The number of aromatic nitrogens is 1. The van der Waals surface area contributed by atoms with E-state index in [1.807, 2.05) is 62.5 Å². The molecular formula is C24H26N2O4S. The van der Waals surface area contributed by atoms with E-state index in [0.29, 0.717) is 11.3 Å². The molecule has 3 rings (SSSR count). The van der Waals surface area contributed by atoms with Crippen molar-refractivity contribution in [2.75, 3.05) is 7.11 Å². The van der Waals surface area contributed by atoms with E-state index in [2.05, 4.69) is 10.3 Å². The maximum atomic E-state index is 12.7. The first kappa shape index (κ1) is 22.5. The summed E-state index contributed by atoms with van der Waals surface area (Å²) in [6.07, 6.45) is 0. The summed E-state index contributed by atoms with van der Waals surface area (Å²) in [6, 6.07) is 14.1. The Morgan fingerprint density at radius 3 is 2.52 bits per heavy atom. The monoisotopic (exact) mass is 438 g/mol. The second kappa shape index (κ2) is 10.2. The predicted molar refractivity (Wildman–Crippen MR) is 121 cm³/mol. The zero-order valence-electron chi connectivity index (χ0n) is 18.0. The van der Waals surface area contributed by atoms with Crippen LogP contribution in [0.1, 0.15) is 35.5 Å². The third-order valence-electron chi connectivity index (χ3n) is 4.85. The van der Waals surface area contributed by atoms with Gasteiger partial charge in [0, 0.05) is 10.9 Å². The minimum Gasteiger partial charge on any atom is -0.496 e. The lowest BCUT2D eigenvalue weighted by Gasteiger charge is -2.21. The zero-order valence-corrected chi connectivity index (χ0v) is 18.9. The van der Waals surface area contributed by atoms with Gasteiger partial charge in [-0.25, -0.2) is 9.78 Å². The number of benzene rings is 2. The number of aryl methyl sites for hydroxylation is 1. The molecule has 1 amide bonds. The molecule has 0 aliphatic rings. The van der Waals surface area contributed by atoms with Crippen LogP contribution >= 0.6 is 11.3 Å². The Morgan fingerprint density at radius 1 is 1.10 bits per heavy atom. The fourth-order valence-electron chi connectivity index (χ4n) is 3.10. The predicted octanol–water partition coefficient (Wildman–Crippen LogP) is 4.62. The van der Waals surface area contributed by atoms with E-state index < -0.39 is 12.0 Å². The molecule has 7 heteroatoms. The summed E-state index contributed by atoms with van der Waals surface area (Å²) in [5.74, 6) is -0.163. The number of methoxy groups -OCH3 is 1. The van der Waals surface area contributed by atoms with Crippen molar-refractivity contribution in [3.8, 4) is 16.3 Å². The number of hydrogen-bond donors (Lipinski definition) is 1. The molecule has 1 N–H and O–H groups in total. The largest absolute Gasteiger partial charge is 0.496 e. The van der Waals surface area contributed by atoms with Crippen LogP contribution in [-0.4, -0.2) is 30.0 Å². The second-order valence-corrected chi connectivity index (χ2v) is 8.32. The highest BCUT2D eigenvalue weighted by Gasteiger charge is 2.27. The van der Waals surface area contributed by atoms with E-state index in [1.165, 1.54) is 11.3 Å². The Bertz CT molecular complexity index is 1060. The highest BCUT2D eigenvalue weighted by Crippen LogP contribution is 2.32. The van der Waals surface area contributed by atoms with Crippen LogP contribution in [0.25, 0.3) is 10.6 Å². The number of para-hydroxylation sites is 1. The number of thiazole rings is 1. The standard InChI is InChI=1S/C24H26N2O4S/c1-15(2)21(26-22(27)18-10-6-5-9-16(18)3)24(28)30-13-17-14-31-23(25-17)19-11-7-8-12-20(19)29-4/h5-12,14-15,21H,13H2,1-4H3,(H,26,27)/t21-/m0/s1. The average molecular weight is 439 g/mol. The molecule has 1 atom stereocenters. The third kappa shape index (κ3) is 5.49. The Labute approximate surface area is 186 Å². The molecule has 3 aromatic rings. The number of ether oxygens (including phenoxy) is 2. The lowest BCUT2D eigenvalue weighted by Crippen LogP contribution is -2.45. The molecule has 2 aromatic carbocycles. The van der Waals surface area contributed by atoms with Crippen molar-refractivity contribution in [1.82, 2.24) is 10.3 Å². The van der Waals surface area contributed by atoms with E-state index in [0.717, 1.165) is 21.9 Å². The van der Waals surface area contributed by atoms with Gasteiger partial charge in [-0.15, -0.1) is 11.3 Å². The van der Waals surface area contributed by atoms with Gasteiger partial charge in [0.15, 0.2) is 0 Å². The highest BCUT2D eigenvalue weighted by atomic mass is 32.1. The lowest BCUT2D eigenvalue weighted by molar-refractivity contribution is -0.148. The smallest absolute Gasteiger partial charge is 0.329 e. The Morgan fingerprint density at radius 2 is 1.81 bits per heavy atom. The molecule has 0 bridgehead atoms. The Balaban J connectivity index is 1.65. The van der Waals surface area contributed by atoms with Gasteiger partial charge in [-0.3, -0.25) is 4.79 Å². The van der Waals surface area contributed by atoms with Crippen molar-refractivity contribution in [2.45, 2.75) is 33.4 Å². The number of amides is 1. The van der Waals surface area contributed by atoms with E-state index in [4.69, 9.17) is 9.47 Å². The topological polar surface area (TPSA) is 77.5 Å². The second-order valence-electron chi connectivity index (χ2n) is 7.46. The lowest BCUT2D eigenvalue weighted by atomic mass is 10.0. The molecule has 0 aliphatic heterocycles. The maximum absolute atomic E-state index is 12.7. The first-order valence-electron chi connectivity index (χ1n) is 10.0. The summed E-state index contributed by atoms with van der Waals surface area (Å²) in [5, 5.41) is 5.45. The summed E-state index contributed by atoms with van der Waals surface area (Å²) in [4.78, 5) is 29.9. The number of carbonyl (C=O) groups is 2. The van der Waals surface area contributed by atoms with Crippen molar-refractivity contribution >= 4 is 23.2 Å². The first-order valence-corrected chi connectivity index (χ1v) is 10.9. The summed E-state index contributed by atoms with van der Waals surface area (Å²) in [5.41, 5.74) is 2.93. The molecule has 0 radical (unpaired) electrons. The third-order valence-corrected chi connectivity index (χ3v) is 5.77. The van der Waals surface area contributed by atoms with Crippen molar-refractivity contribution < 1.29 is 19.1 Å². The molecular weight excluding hydrogens is 412 g/mol. The molecule has 0 unspecified atom stereocenters. The van der Waals surface area contributed by atoms with E-state index in [9.17, 15) is 9.59 Å². The van der Waals surface area contributed by atoms with Crippen LogP contribution in [0, 0.1) is 12.8 Å². The first-order chi connectivity index (χ1) is 14.9. The van der Waals surface area contributed by atoms with Gasteiger partial charge in [0.25, 0.3) is 5.91 Å². The molecule has 0 fully saturated rings. The van der Waals surface area contributed by atoms with E-state index in [-0.39, 0.29) is 18.4 Å². The molecule has 31 heavy (non-hydrogen) atoms. The summed E-state index contributed by atoms with van der Waals surface area (Å²) < 4.78 is 10.9. The van der Waals surface area contributed by atoms with Gasteiger partial charge < -0.3 is 14.8 Å². The number of hydrogen-bond acceptors (Lipinski definition) is 6. The van der Waals surface area contributed by atoms with Gasteiger partial charge >= 0.3 is 5.97 Å². The van der Waals surface area contributed by atoms with Crippen molar-refractivity contribution in [2.24, 2.45) is 5.92 Å². The Kier molecular flexibility index (Phi) is 7.41. The fraction of sp³-hybridized carbons (Fsp3) is 0.292. The normalized spacial score (nSPS) is 11.8. The number of nitrogens with one attached hydrogen (secondary N) is 1. The number of rotatable bonds is 8. The summed E-state index contributed by atoms with van der Waals surface area (Å²) >= 11 is 1.46. The van der Waals surface area contributed by atoms with Gasteiger partial charge in [-0.05, 0) is 36.6 Å². The fourth-order valence-corrected chi connectivity index (χ4v) is 3.93. The SMILES string of the molecule is COc1ccccc1-c1nc(COC(=O)[C@@H](NC(=O)c2ccccc2C)C(C)C)cs1. The van der Waals surface area contributed by atoms with Crippen molar-refractivity contribution in [3.63, 3.8) is 0 Å². The summed E-state index contributed by atoms with van der Waals surface area (Å²) in [6.45, 7) is 5.63. The highest BCUT2D eigenvalue weighted by molar-refractivity contribution is 7.13. The van der Waals surface area contributed by atoms with Crippen LogP contribution in [0.15, 0.2) is 53.9 Å².